The lowest BCUT2D eigenvalue weighted by molar-refractivity contribution is -0.117. The summed E-state index contributed by atoms with van der Waals surface area (Å²) in [6.45, 7) is 11.1. The fraction of sp³-hybridized carbons (Fsp3) is 0.381. The molecule has 1 N–H and O–H groups in total. The minimum Gasteiger partial charge on any atom is -0.363 e. The molecule has 0 bridgehead atoms. The number of aromatic nitrogens is 1. The third-order valence-corrected chi connectivity index (χ3v) is 5.57. The van der Waals surface area contributed by atoms with Gasteiger partial charge in [-0.05, 0) is 48.6 Å². The maximum absolute atomic E-state index is 13.2. The van der Waals surface area contributed by atoms with Crippen molar-refractivity contribution in [3.05, 3.63) is 59.3 Å². The van der Waals surface area contributed by atoms with Gasteiger partial charge < -0.3 is 10.2 Å². The highest BCUT2D eigenvalue weighted by Crippen LogP contribution is 2.50. The summed E-state index contributed by atoms with van der Waals surface area (Å²) in [5, 5.41) is 3.42. The van der Waals surface area contributed by atoms with Crippen molar-refractivity contribution in [1.82, 2.24) is 4.98 Å². The number of rotatable bonds is 3. The van der Waals surface area contributed by atoms with Crippen LogP contribution in [0.5, 0.6) is 0 Å². The van der Waals surface area contributed by atoms with Crippen LogP contribution in [0.3, 0.4) is 0 Å². The Bertz CT molecular complexity index is 917. The van der Waals surface area contributed by atoms with Gasteiger partial charge in [-0.15, -0.1) is 0 Å². The summed E-state index contributed by atoms with van der Waals surface area (Å²) in [5.74, 6) is 0.837. The van der Waals surface area contributed by atoms with E-state index in [0.717, 1.165) is 24.1 Å². The molecule has 0 saturated heterocycles. The lowest BCUT2D eigenvalue weighted by Crippen LogP contribution is -2.51. The molecule has 1 aliphatic heterocycles. The molecular formula is C21H21FN4O. The number of carbonyl (C=O) groups is 1. The molecule has 1 aromatic carbocycles. The second kappa shape index (κ2) is 6.66. The molecule has 2 aromatic rings. The number of benzene rings is 1. The normalized spacial score (nSPS) is 24.1. The van der Waals surface area contributed by atoms with Gasteiger partial charge >= 0.3 is 0 Å². The summed E-state index contributed by atoms with van der Waals surface area (Å²) in [4.78, 5) is 22.1. The molecule has 5 nitrogen and oxygen atoms in total. The lowest BCUT2D eigenvalue weighted by Gasteiger charge is -2.46. The second-order valence-corrected chi connectivity index (χ2v) is 7.41. The zero-order valence-electron chi connectivity index (χ0n) is 15.3. The molecule has 2 aliphatic rings. The Kier molecular flexibility index (Phi) is 4.31. The van der Waals surface area contributed by atoms with Crippen LogP contribution >= 0.6 is 0 Å². The quantitative estimate of drug-likeness (QED) is 0.803. The number of amides is 1. The van der Waals surface area contributed by atoms with E-state index in [1.54, 1.807) is 19.1 Å². The number of halogens is 1. The topological polar surface area (TPSA) is 49.6 Å². The number of carbonyl (C=O) groups excluding carboxylic acids is 1. The minimum atomic E-state index is -0.383. The summed E-state index contributed by atoms with van der Waals surface area (Å²) in [5.41, 5.74) is 2.30. The molecule has 2 heterocycles. The fourth-order valence-corrected chi connectivity index (χ4v) is 4.24. The predicted molar refractivity (Wildman–Crippen MR) is 102 cm³/mol. The van der Waals surface area contributed by atoms with Crippen molar-refractivity contribution in [3.8, 4) is 0 Å². The average molecular weight is 364 g/mol. The van der Waals surface area contributed by atoms with Crippen LogP contribution < -0.4 is 10.2 Å². The van der Waals surface area contributed by atoms with E-state index in [2.05, 4.69) is 22.1 Å². The summed E-state index contributed by atoms with van der Waals surface area (Å²) in [6, 6.07) is 8.46. The number of hydrogen-bond donors (Lipinski definition) is 1. The smallest absolute Gasteiger partial charge is 0.224 e. The van der Waals surface area contributed by atoms with E-state index in [9.17, 15) is 9.18 Å². The first-order valence-electron chi connectivity index (χ1n) is 9.19. The Balaban J connectivity index is 1.81. The number of pyridine rings is 1. The number of nitrogens with one attached hydrogen (secondary N) is 1. The van der Waals surface area contributed by atoms with Gasteiger partial charge in [-0.25, -0.2) is 14.2 Å². The van der Waals surface area contributed by atoms with Crippen LogP contribution in [-0.4, -0.2) is 16.9 Å². The summed E-state index contributed by atoms with van der Waals surface area (Å²) >= 11 is 0. The maximum atomic E-state index is 13.2. The molecule has 0 spiro atoms. The molecule has 6 heteroatoms. The van der Waals surface area contributed by atoms with Gasteiger partial charge in [0.2, 0.25) is 5.91 Å². The summed E-state index contributed by atoms with van der Waals surface area (Å²) in [6.07, 6.45) is 3.43. The Labute approximate surface area is 158 Å². The van der Waals surface area contributed by atoms with E-state index in [1.165, 1.54) is 12.3 Å². The van der Waals surface area contributed by atoms with Crippen LogP contribution in [0.4, 0.5) is 21.6 Å². The van der Waals surface area contributed by atoms with Crippen LogP contribution in [0.2, 0.25) is 0 Å². The number of nitrogens with zero attached hydrogens (tertiary/aromatic N) is 3. The van der Waals surface area contributed by atoms with Gasteiger partial charge in [0.1, 0.15) is 11.6 Å². The third kappa shape index (κ3) is 3.14. The van der Waals surface area contributed by atoms with E-state index >= 15 is 0 Å². The van der Waals surface area contributed by atoms with Gasteiger partial charge in [0.15, 0.2) is 5.69 Å². The first-order chi connectivity index (χ1) is 13.0. The minimum absolute atomic E-state index is 0.0221. The van der Waals surface area contributed by atoms with Crippen LogP contribution in [0.15, 0.2) is 36.5 Å². The van der Waals surface area contributed by atoms with Crippen molar-refractivity contribution in [2.75, 3.05) is 10.2 Å². The van der Waals surface area contributed by atoms with Crippen LogP contribution in [0.1, 0.15) is 38.3 Å². The van der Waals surface area contributed by atoms with Gasteiger partial charge in [-0.1, -0.05) is 13.0 Å². The van der Waals surface area contributed by atoms with Crippen molar-refractivity contribution in [2.45, 2.75) is 38.8 Å². The Morgan fingerprint density at radius 2 is 2.11 bits per heavy atom. The second-order valence-electron chi connectivity index (χ2n) is 7.41. The maximum Gasteiger partial charge on any atom is 0.224 e. The molecule has 27 heavy (non-hydrogen) atoms. The number of hydrogen-bond acceptors (Lipinski definition) is 3. The highest BCUT2D eigenvalue weighted by Gasteiger charge is 2.47. The standard InChI is InChI=1S/C21H21FN4O/c1-12-20(25-19-9-6-15(22)11-24-19)17-10-16(23-3)7-8-18(17)26(13(2)27)21(12)14-4-5-14/h6-12,14,20-21H,4-5H2,1-2H3,(H,24,25)/t12-,20-,21-/m1/s1. The molecule has 1 aliphatic carbocycles. The summed E-state index contributed by atoms with van der Waals surface area (Å²) in [7, 11) is 0. The van der Waals surface area contributed by atoms with Crippen molar-refractivity contribution >= 4 is 23.1 Å². The molecular weight excluding hydrogens is 343 g/mol. The van der Waals surface area contributed by atoms with E-state index < -0.39 is 0 Å². The Hall–Kier alpha value is -2.94. The van der Waals surface area contributed by atoms with Crippen LogP contribution in [0, 0.1) is 24.2 Å². The molecule has 4 rings (SSSR count). The first-order valence-corrected chi connectivity index (χ1v) is 9.19. The van der Waals surface area contributed by atoms with E-state index in [-0.39, 0.29) is 29.7 Å². The van der Waals surface area contributed by atoms with E-state index in [1.807, 2.05) is 17.0 Å². The molecule has 1 saturated carbocycles. The molecule has 1 aromatic heterocycles. The Morgan fingerprint density at radius 3 is 2.70 bits per heavy atom. The molecule has 3 atom stereocenters. The van der Waals surface area contributed by atoms with Gasteiger partial charge in [0.05, 0.1) is 18.8 Å². The molecule has 0 radical (unpaired) electrons. The zero-order chi connectivity index (χ0) is 19.1. The third-order valence-electron chi connectivity index (χ3n) is 5.57. The predicted octanol–water partition coefficient (Wildman–Crippen LogP) is 4.71. The molecule has 138 valence electrons. The largest absolute Gasteiger partial charge is 0.363 e. The van der Waals surface area contributed by atoms with Gasteiger partial charge in [-0.2, -0.15) is 0 Å². The summed E-state index contributed by atoms with van der Waals surface area (Å²) < 4.78 is 13.2. The van der Waals surface area contributed by atoms with Gasteiger partial charge in [0.25, 0.3) is 0 Å². The first kappa shape index (κ1) is 17.5. The number of anilines is 2. The van der Waals surface area contributed by atoms with Gasteiger partial charge in [0, 0.05) is 24.6 Å². The fourth-order valence-electron chi connectivity index (χ4n) is 4.24. The average Bonchev–Trinajstić information content (AvgIpc) is 3.49. The number of fused-ring (bicyclic) bond motifs is 1. The van der Waals surface area contributed by atoms with Crippen LogP contribution in [0.25, 0.3) is 4.85 Å². The highest BCUT2D eigenvalue weighted by atomic mass is 19.1. The SMILES string of the molecule is [C-]#[N+]c1ccc2c(c1)[C@H](Nc1ccc(F)cn1)[C@@H](C)[C@H](C1CC1)N2C(C)=O. The molecule has 0 unspecified atom stereocenters. The van der Waals surface area contributed by atoms with Crippen molar-refractivity contribution in [1.29, 1.82) is 0 Å². The van der Waals surface area contributed by atoms with Crippen molar-refractivity contribution in [2.24, 2.45) is 11.8 Å². The zero-order valence-corrected chi connectivity index (χ0v) is 15.3. The highest BCUT2D eigenvalue weighted by molar-refractivity contribution is 5.94. The molecule has 1 amide bonds. The van der Waals surface area contributed by atoms with Crippen LogP contribution in [-0.2, 0) is 4.79 Å². The van der Waals surface area contributed by atoms with E-state index in [0.29, 0.717) is 17.4 Å². The van der Waals surface area contributed by atoms with Crippen molar-refractivity contribution < 1.29 is 9.18 Å². The monoisotopic (exact) mass is 364 g/mol. The molecule has 1 fully saturated rings. The Morgan fingerprint density at radius 1 is 1.33 bits per heavy atom. The van der Waals surface area contributed by atoms with Crippen molar-refractivity contribution in [3.63, 3.8) is 0 Å². The van der Waals surface area contributed by atoms with Gasteiger partial charge in [-0.3, -0.25) is 4.79 Å². The lowest BCUT2D eigenvalue weighted by atomic mass is 9.79. The van der Waals surface area contributed by atoms with E-state index in [4.69, 9.17) is 6.57 Å².